The van der Waals surface area contributed by atoms with Crippen LogP contribution in [0.15, 0.2) is 30.3 Å². The Hall–Kier alpha value is -3.70. The van der Waals surface area contributed by atoms with E-state index in [0.717, 1.165) is 25.7 Å². The number of rotatable bonds is 14. The van der Waals surface area contributed by atoms with Gasteiger partial charge in [0.1, 0.15) is 5.82 Å². The molecule has 0 unspecified atom stereocenters. The molecule has 0 radical (unpaired) electrons. The molecule has 0 saturated carbocycles. The Morgan fingerprint density at radius 1 is 1.11 bits per heavy atom. The van der Waals surface area contributed by atoms with Gasteiger partial charge in [0.25, 0.3) is 0 Å². The summed E-state index contributed by atoms with van der Waals surface area (Å²) in [4.78, 5) is 44.6. The fraction of sp³-hybridized carbons (Fsp3) is 0.559. The maximum Gasteiger partial charge on any atom is 0.308 e. The fourth-order valence-corrected chi connectivity index (χ4v) is 6.77. The number of nitrogens with zero attached hydrogens (tertiary/aromatic N) is 3. The summed E-state index contributed by atoms with van der Waals surface area (Å²) in [7, 11) is 1.67. The smallest absolute Gasteiger partial charge is 0.308 e. The first kappa shape index (κ1) is 34.2. The lowest BCUT2D eigenvalue weighted by atomic mass is 9.83. The number of carboxylic acid groups (broad SMARTS) is 1. The molecule has 11 heteroatoms. The minimum absolute atomic E-state index is 0.00876. The number of carboxylic acids is 1. The van der Waals surface area contributed by atoms with Crippen LogP contribution >= 0.6 is 0 Å². The number of aliphatic carboxylic acids is 1. The Morgan fingerprint density at radius 3 is 2.42 bits per heavy atom. The lowest BCUT2D eigenvalue weighted by Crippen LogP contribution is -2.48. The third kappa shape index (κ3) is 7.58. The van der Waals surface area contributed by atoms with E-state index in [-0.39, 0.29) is 50.2 Å². The first-order valence-corrected chi connectivity index (χ1v) is 15.8. The molecule has 45 heavy (non-hydrogen) atoms. The van der Waals surface area contributed by atoms with Crippen LogP contribution in [0.3, 0.4) is 0 Å². The van der Waals surface area contributed by atoms with Crippen molar-refractivity contribution in [3.63, 3.8) is 0 Å². The highest BCUT2D eigenvalue weighted by Crippen LogP contribution is 2.44. The van der Waals surface area contributed by atoms with Gasteiger partial charge in [-0.1, -0.05) is 26.7 Å². The van der Waals surface area contributed by atoms with Crippen molar-refractivity contribution < 1.29 is 38.5 Å². The van der Waals surface area contributed by atoms with Crippen LogP contribution in [0.4, 0.5) is 10.1 Å². The van der Waals surface area contributed by atoms with Crippen LogP contribution in [0.5, 0.6) is 11.5 Å². The molecule has 0 aliphatic carbocycles. The number of aliphatic hydroxyl groups is 1. The van der Waals surface area contributed by atoms with E-state index in [2.05, 4.69) is 13.8 Å². The lowest BCUT2D eigenvalue weighted by molar-refractivity contribution is -0.143. The molecule has 2 heterocycles. The molecule has 0 spiro atoms. The normalized spacial score (nSPS) is 19.2. The average molecular weight is 628 g/mol. The van der Waals surface area contributed by atoms with Gasteiger partial charge in [-0.15, -0.1) is 0 Å². The van der Waals surface area contributed by atoms with Gasteiger partial charge in [0.15, 0.2) is 11.5 Å². The van der Waals surface area contributed by atoms with E-state index in [4.69, 9.17) is 9.47 Å². The number of benzene rings is 2. The van der Waals surface area contributed by atoms with Gasteiger partial charge < -0.3 is 29.5 Å². The zero-order valence-corrected chi connectivity index (χ0v) is 26.9. The Morgan fingerprint density at radius 2 is 1.82 bits per heavy atom. The largest absolute Gasteiger partial charge is 0.481 e. The number of aliphatic hydroxyl groups excluding tert-OH is 1. The minimum Gasteiger partial charge on any atom is -0.481 e. The number of likely N-dealkylation sites (tertiary alicyclic amines) is 1. The van der Waals surface area contributed by atoms with Crippen LogP contribution in [0.2, 0.25) is 0 Å². The molecule has 1 fully saturated rings. The van der Waals surface area contributed by atoms with E-state index in [0.29, 0.717) is 46.8 Å². The monoisotopic (exact) mass is 627 g/mol. The number of carbonyl (C=O) groups excluding carboxylic acids is 2. The third-order valence-corrected chi connectivity index (χ3v) is 9.14. The first-order chi connectivity index (χ1) is 21.5. The number of amides is 2. The first-order valence-electron chi connectivity index (χ1n) is 15.8. The van der Waals surface area contributed by atoms with Crippen molar-refractivity contribution in [2.75, 3.05) is 38.4 Å². The molecule has 0 bridgehead atoms. The van der Waals surface area contributed by atoms with Crippen LogP contribution in [-0.2, 0) is 21.0 Å². The van der Waals surface area contributed by atoms with Gasteiger partial charge in [-0.25, -0.2) is 4.39 Å². The predicted octanol–water partition coefficient (Wildman–Crippen LogP) is 4.69. The van der Waals surface area contributed by atoms with Crippen molar-refractivity contribution in [3.05, 3.63) is 52.8 Å². The molecule has 4 rings (SSSR count). The summed E-state index contributed by atoms with van der Waals surface area (Å²) in [5.74, 6) is -2.20. The molecule has 2 aliphatic heterocycles. The van der Waals surface area contributed by atoms with Crippen molar-refractivity contribution in [1.82, 2.24) is 9.80 Å². The van der Waals surface area contributed by atoms with Crippen molar-refractivity contribution in [1.29, 1.82) is 0 Å². The molecule has 2 aromatic rings. The van der Waals surface area contributed by atoms with Gasteiger partial charge in [0, 0.05) is 56.3 Å². The molecule has 1 saturated heterocycles. The molecule has 246 valence electrons. The number of fused-ring (bicyclic) bond motifs is 1. The molecule has 2 aliphatic rings. The summed E-state index contributed by atoms with van der Waals surface area (Å²) < 4.78 is 25.4. The maximum atomic E-state index is 14.4. The SMILES string of the molecule is CCCC(CCC)N(C(=O)CN1C[C@H](c2cc(CO)c3c(c2)OCO3)[C@@H](C(=O)O)[C@@H]1CCN(C)C(C)=O)c1ccc(F)c(C)c1. The molecular weight excluding hydrogens is 581 g/mol. The summed E-state index contributed by atoms with van der Waals surface area (Å²) in [5.41, 5.74) is 2.24. The Bertz CT molecular complexity index is 1380. The topological polar surface area (TPSA) is 120 Å². The summed E-state index contributed by atoms with van der Waals surface area (Å²) in [6.45, 7) is 7.51. The van der Waals surface area contributed by atoms with Gasteiger partial charge >= 0.3 is 5.97 Å². The molecular formula is C34H46FN3O7. The zero-order valence-electron chi connectivity index (χ0n) is 26.9. The molecule has 2 amide bonds. The Balaban J connectivity index is 1.73. The van der Waals surface area contributed by atoms with E-state index in [1.807, 2.05) is 4.90 Å². The molecule has 3 atom stereocenters. The standard InChI is InChI=1S/C34H46FN3O7/c1-6-8-25(9-7-2)38(26-10-11-28(35)21(3)14-26)31(41)18-37-17-27(23-15-24(19-39)33-30(16-23)44-20-45-33)32(34(42)43)29(37)12-13-36(5)22(4)40/h10-11,14-16,25,27,29,32,39H,6-9,12-13,17-20H2,1-5H3,(H,42,43)/t27-,29+,32-/m1/s1. The molecule has 2 aromatic carbocycles. The highest BCUT2D eigenvalue weighted by atomic mass is 19.1. The molecule has 10 nitrogen and oxygen atoms in total. The van der Waals surface area contributed by atoms with E-state index in [9.17, 15) is 29.0 Å². The number of hydrogen-bond acceptors (Lipinski definition) is 7. The van der Waals surface area contributed by atoms with E-state index < -0.39 is 23.8 Å². The van der Waals surface area contributed by atoms with Crippen molar-refractivity contribution in [2.24, 2.45) is 5.92 Å². The summed E-state index contributed by atoms with van der Waals surface area (Å²) in [6, 6.07) is 7.56. The number of carbonyl (C=O) groups is 3. The van der Waals surface area contributed by atoms with Crippen molar-refractivity contribution >= 4 is 23.5 Å². The Kier molecular flexibility index (Phi) is 11.4. The highest BCUT2D eigenvalue weighted by molar-refractivity contribution is 5.95. The fourth-order valence-electron chi connectivity index (χ4n) is 6.77. The quantitative estimate of drug-likeness (QED) is 0.310. The lowest BCUT2D eigenvalue weighted by Gasteiger charge is -2.35. The van der Waals surface area contributed by atoms with E-state index in [1.165, 1.54) is 13.0 Å². The number of anilines is 1. The van der Waals surface area contributed by atoms with Gasteiger partial charge in [-0.2, -0.15) is 0 Å². The number of ether oxygens (including phenoxy) is 2. The van der Waals surface area contributed by atoms with Crippen LogP contribution in [0.1, 0.15) is 75.5 Å². The average Bonchev–Trinajstić information content (AvgIpc) is 3.62. The van der Waals surface area contributed by atoms with Crippen LogP contribution in [0.25, 0.3) is 0 Å². The summed E-state index contributed by atoms with van der Waals surface area (Å²) >= 11 is 0. The maximum absolute atomic E-state index is 14.4. The Labute approximate surface area is 264 Å². The molecule has 0 aromatic heterocycles. The second-order valence-electron chi connectivity index (χ2n) is 12.2. The minimum atomic E-state index is -1.01. The van der Waals surface area contributed by atoms with E-state index in [1.54, 1.807) is 48.0 Å². The van der Waals surface area contributed by atoms with Crippen molar-refractivity contribution in [3.8, 4) is 11.5 Å². The number of hydrogen-bond donors (Lipinski definition) is 2. The van der Waals surface area contributed by atoms with Crippen LogP contribution in [-0.4, -0.2) is 83.4 Å². The number of halogens is 1. The zero-order chi connectivity index (χ0) is 32.8. The predicted molar refractivity (Wildman–Crippen MR) is 168 cm³/mol. The van der Waals surface area contributed by atoms with Crippen LogP contribution < -0.4 is 14.4 Å². The van der Waals surface area contributed by atoms with Gasteiger partial charge in [0.2, 0.25) is 18.6 Å². The van der Waals surface area contributed by atoms with E-state index >= 15 is 0 Å². The second-order valence-corrected chi connectivity index (χ2v) is 12.2. The number of aryl methyl sites for hydroxylation is 1. The van der Waals surface area contributed by atoms with Crippen LogP contribution in [0, 0.1) is 18.7 Å². The second kappa shape index (κ2) is 15.1. The summed E-state index contributed by atoms with van der Waals surface area (Å²) in [6.07, 6.45) is 3.60. The third-order valence-electron chi connectivity index (χ3n) is 9.14. The van der Waals surface area contributed by atoms with Gasteiger partial charge in [-0.05, 0) is 67.6 Å². The van der Waals surface area contributed by atoms with Gasteiger partial charge in [-0.3, -0.25) is 19.3 Å². The van der Waals surface area contributed by atoms with Gasteiger partial charge in [0.05, 0.1) is 19.1 Å². The van der Waals surface area contributed by atoms with Crippen molar-refractivity contribution in [2.45, 2.75) is 84.4 Å². The molecule has 2 N–H and O–H groups in total. The summed E-state index contributed by atoms with van der Waals surface area (Å²) in [5, 5.41) is 20.6. The highest BCUT2D eigenvalue weighted by Gasteiger charge is 2.48.